The average molecular weight is 348 g/mol. The summed E-state index contributed by atoms with van der Waals surface area (Å²) in [6, 6.07) is 15.4. The number of benzene rings is 2. The topological polar surface area (TPSA) is 62.3 Å². The van der Waals surface area contributed by atoms with Gasteiger partial charge in [0.1, 0.15) is 18.2 Å². The second kappa shape index (κ2) is 7.13. The lowest BCUT2D eigenvalue weighted by molar-refractivity contribution is 0.326. The van der Waals surface area contributed by atoms with Gasteiger partial charge in [-0.25, -0.2) is 0 Å². The molecule has 0 aliphatic carbocycles. The number of nitrogen functional groups attached to an aromatic ring is 1. The number of halogens is 1. The number of nitrogens with one attached hydrogen (secondary N) is 1. The van der Waals surface area contributed by atoms with Gasteiger partial charge in [0.25, 0.3) is 0 Å². The van der Waals surface area contributed by atoms with Crippen LogP contribution < -0.4 is 15.4 Å². The number of hydrogen-bond donors (Lipinski definition) is 2. The van der Waals surface area contributed by atoms with Crippen molar-refractivity contribution in [1.29, 1.82) is 5.41 Å². The van der Waals surface area contributed by atoms with E-state index in [1.807, 2.05) is 55.6 Å². The smallest absolute Gasteiger partial charge is 0.122 e. The van der Waals surface area contributed by atoms with E-state index >= 15 is 0 Å². The third kappa shape index (κ3) is 4.49. The summed E-state index contributed by atoms with van der Waals surface area (Å²) in [5.41, 5.74) is 7.24. The second-order valence-electron chi connectivity index (χ2n) is 4.69. The van der Waals surface area contributed by atoms with E-state index in [2.05, 4.69) is 20.8 Å². The number of amidine groups is 1. The highest BCUT2D eigenvalue weighted by atomic mass is 79.9. The Hall–Kier alpha value is -2.01. The molecule has 4 nitrogen and oxygen atoms in total. The second-order valence-corrected chi connectivity index (χ2v) is 5.60. The van der Waals surface area contributed by atoms with Crippen molar-refractivity contribution in [3.05, 3.63) is 58.6 Å². The Morgan fingerprint density at radius 2 is 1.95 bits per heavy atom. The van der Waals surface area contributed by atoms with E-state index in [9.17, 15) is 0 Å². The summed E-state index contributed by atoms with van der Waals surface area (Å²) in [6.45, 7) is 1.37. The van der Waals surface area contributed by atoms with Crippen LogP contribution >= 0.6 is 15.9 Å². The SMILES string of the molecule is CN(CCOc1cccc(Br)c1)c1ccc(C(=N)N)cc1. The molecule has 0 aromatic heterocycles. The molecule has 0 unspecified atom stereocenters. The standard InChI is InChI=1S/C16H18BrN3O/c1-20(14-7-5-12(6-8-14)16(18)19)9-10-21-15-4-2-3-13(17)11-15/h2-8,11H,9-10H2,1H3,(H3,18,19). The zero-order valence-corrected chi connectivity index (χ0v) is 13.4. The van der Waals surface area contributed by atoms with E-state index in [0.717, 1.165) is 28.0 Å². The quantitative estimate of drug-likeness (QED) is 0.622. The normalized spacial score (nSPS) is 10.2. The summed E-state index contributed by atoms with van der Waals surface area (Å²) in [5.74, 6) is 0.937. The summed E-state index contributed by atoms with van der Waals surface area (Å²) in [7, 11) is 2.01. The number of anilines is 1. The highest BCUT2D eigenvalue weighted by Crippen LogP contribution is 2.18. The molecule has 0 aliphatic heterocycles. The molecule has 0 atom stereocenters. The molecule has 2 aromatic rings. The molecule has 2 rings (SSSR count). The lowest BCUT2D eigenvalue weighted by Gasteiger charge is -2.19. The van der Waals surface area contributed by atoms with E-state index in [4.69, 9.17) is 15.9 Å². The van der Waals surface area contributed by atoms with E-state index in [1.165, 1.54) is 0 Å². The van der Waals surface area contributed by atoms with Crippen molar-refractivity contribution in [2.24, 2.45) is 5.73 Å². The molecule has 0 radical (unpaired) electrons. The van der Waals surface area contributed by atoms with Gasteiger partial charge in [-0.1, -0.05) is 22.0 Å². The van der Waals surface area contributed by atoms with Crippen LogP contribution in [0.1, 0.15) is 5.56 Å². The Kier molecular flexibility index (Phi) is 5.22. The third-order valence-corrected chi connectivity index (χ3v) is 3.60. The highest BCUT2D eigenvalue weighted by molar-refractivity contribution is 9.10. The maximum Gasteiger partial charge on any atom is 0.122 e. The molecular weight excluding hydrogens is 330 g/mol. The van der Waals surface area contributed by atoms with Crippen molar-refractivity contribution < 1.29 is 4.74 Å². The van der Waals surface area contributed by atoms with Crippen molar-refractivity contribution in [2.75, 3.05) is 25.1 Å². The minimum absolute atomic E-state index is 0.0854. The lowest BCUT2D eigenvalue weighted by atomic mass is 10.2. The number of likely N-dealkylation sites (N-methyl/N-ethyl adjacent to an activating group) is 1. The van der Waals surface area contributed by atoms with Gasteiger partial charge in [-0.05, 0) is 42.5 Å². The zero-order valence-electron chi connectivity index (χ0n) is 11.8. The fourth-order valence-corrected chi connectivity index (χ4v) is 2.26. The fourth-order valence-electron chi connectivity index (χ4n) is 1.88. The van der Waals surface area contributed by atoms with Crippen molar-refractivity contribution in [3.8, 4) is 5.75 Å². The molecule has 3 N–H and O–H groups in total. The van der Waals surface area contributed by atoms with Crippen LogP contribution in [0, 0.1) is 5.41 Å². The summed E-state index contributed by atoms with van der Waals surface area (Å²) in [4.78, 5) is 2.10. The first-order chi connectivity index (χ1) is 10.1. The molecule has 0 heterocycles. The minimum atomic E-state index is 0.0854. The van der Waals surface area contributed by atoms with Crippen LogP contribution in [0.3, 0.4) is 0 Å². The number of hydrogen-bond acceptors (Lipinski definition) is 3. The number of ether oxygens (including phenoxy) is 1. The molecule has 5 heteroatoms. The van der Waals surface area contributed by atoms with E-state index in [1.54, 1.807) is 0 Å². The maximum atomic E-state index is 7.38. The van der Waals surface area contributed by atoms with Gasteiger partial charge in [-0.2, -0.15) is 0 Å². The zero-order chi connectivity index (χ0) is 15.2. The average Bonchev–Trinajstić information content (AvgIpc) is 2.47. The van der Waals surface area contributed by atoms with Gasteiger partial charge in [0.15, 0.2) is 0 Å². The van der Waals surface area contributed by atoms with Crippen LogP contribution in [0.2, 0.25) is 0 Å². The maximum absolute atomic E-state index is 7.38. The van der Waals surface area contributed by atoms with Gasteiger partial charge in [0, 0.05) is 22.8 Å². The Balaban J connectivity index is 1.86. The molecule has 0 fully saturated rings. The molecule has 0 saturated carbocycles. The number of nitrogens with two attached hydrogens (primary N) is 1. The molecule has 0 aliphatic rings. The van der Waals surface area contributed by atoms with Crippen LogP contribution in [-0.4, -0.2) is 26.0 Å². The number of rotatable bonds is 6. The van der Waals surface area contributed by atoms with E-state index in [0.29, 0.717) is 6.61 Å². The Labute approximate surface area is 133 Å². The molecule has 110 valence electrons. The first-order valence-corrected chi connectivity index (χ1v) is 7.39. The first-order valence-electron chi connectivity index (χ1n) is 6.60. The van der Waals surface area contributed by atoms with Crippen molar-refractivity contribution >= 4 is 27.5 Å². The van der Waals surface area contributed by atoms with Crippen LogP contribution in [0.25, 0.3) is 0 Å². The molecule has 21 heavy (non-hydrogen) atoms. The van der Waals surface area contributed by atoms with Gasteiger partial charge in [-0.15, -0.1) is 0 Å². The molecular formula is C16H18BrN3O. The predicted octanol–water partition coefficient (Wildman–Crippen LogP) is 3.25. The minimum Gasteiger partial charge on any atom is -0.492 e. The Morgan fingerprint density at radius 1 is 1.24 bits per heavy atom. The molecule has 0 bridgehead atoms. The monoisotopic (exact) mass is 347 g/mol. The summed E-state index contributed by atoms with van der Waals surface area (Å²) in [6.07, 6.45) is 0. The Morgan fingerprint density at radius 3 is 2.57 bits per heavy atom. The molecule has 0 amide bonds. The van der Waals surface area contributed by atoms with Crippen molar-refractivity contribution in [3.63, 3.8) is 0 Å². The van der Waals surface area contributed by atoms with Gasteiger partial charge >= 0.3 is 0 Å². The largest absolute Gasteiger partial charge is 0.492 e. The highest BCUT2D eigenvalue weighted by Gasteiger charge is 2.03. The third-order valence-electron chi connectivity index (χ3n) is 3.11. The fraction of sp³-hybridized carbons (Fsp3) is 0.188. The predicted molar refractivity (Wildman–Crippen MR) is 90.4 cm³/mol. The summed E-state index contributed by atoms with van der Waals surface area (Å²) in [5, 5.41) is 7.38. The summed E-state index contributed by atoms with van der Waals surface area (Å²) >= 11 is 3.42. The van der Waals surface area contributed by atoms with E-state index in [-0.39, 0.29) is 5.84 Å². The van der Waals surface area contributed by atoms with Crippen LogP contribution in [0.15, 0.2) is 53.0 Å². The molecule has 0 saturated heterocycles. The van der Waals surface area contributed by atoms with Crippen LogP contribution in [0.5, 0.6) is 5.75 Å². The number of nitrogens with zero attached hydrogens (tertiary/aromatic N) is 1. The van der Waals surface area contributed by atoms with E-state index < -0.39 is 0 Å². The van der Waals surface area contributed by atoms with Gasteiger partial charge in [0.05, 0.1) is 6.54 Å². The van der Waals surface area contributed by atoms with Crippen molar-refractivity contribution in [2.45, 2.75) is 0 Å². The van der Waals surface area contributed by atoms with Crippen LogP contribution in [-0.2, 0) is 0 Å². The van der Waals surface area contributed by atoms with Crippen LogP contribution in [0.4, 0.5) is 5.69 Å². The molecule has 0 spiro atoms. The van der Waals surface area contributed by atoms with Gasteiger partial charge in [0.2, 0.25) is 0 Å². The first kappa shape index (κ1) is 15.4. The summed E-state index contributed by atoms with van der Waals surface area (Å²) < 4.78 is 6.72. The van der Waals surface area contributed by atoms with Gasteiger partial charge in [-0.3, -0.25) is 5.41 Å². The Bertz CT molecular complexity index is 613. The molecule has 2 aromatic carbocycles. The lowest BCUT2D eigenvalue weighted by Crippen LogP contribution is -2.23. The van der Waals surface area contributed by atoms with Gasteiger partial charge < -0.3 is 15.4 Å². The van der Waals surface area contributed by atoms with Crippen molar-refractivity contribution in [1.82, 2.24) is 0 Å².